The number of carbonyl (C=O) groups excluding carboxylic acids is 1. The highest BCUT2D eigenvalue weighted by molar-refractivity contribution is 5.94. The molecule has 1 aromatic carbocycles. The van der Waals surface area contributed by atoms with Crippen molar-refractivity contribution in [1.29, 1.82) is 0 Å². The molecule has 0 bridgehead atoms. The van der Waals surface area contributed by atoms with E-state index in [0.29, 0.717) is 0 Å². The van der Waals surface area contributed by atoms with Crippen molar-refractivity contribution in [2.24, 2.45) is 5.92 Å². The molecule has 5 nitrogen and oxygen atoms in total. The molecule has 1 saturated heterocycles. The first kappa shape index (κ1) is 18.5. The fourth-order valence-corrected chi connectivity index (χ4v) is 3.13. The second kappa shape index (κ2) is 8.85. The van der Waals surface area contributed by atoms with Gasteiger partial charge in [0.15, 0.2) is 0 Å². The van der Waals surface area contributed by atoms with Gasteiger partial charge in [0.2, 0.25) is 0 Å². The van der Waals surface area contributed by atoms with Crippen LogP contribution in [0.5, 0.6) is 0 Å². The van der Waals surface area contributed by atoms with Gasteiger partial charge >= 0.3 is 0 Å². The molecular formula is C18H25ClN4O. The zero-order valence-corrected chi connectivity index (χ0v) is 14.8. The van der Waals surface area contributed by atoms with E-state index in [1.54, 1.807) is 10.9 Å². The highest BCUT2D eigenvalue weighted by atomic mass is 35.5. The lowest BCUT2D eigenvalue weighted by molar-refractivity contribution is 0.0687. The van der Waals surface area contributed by atoms with E-state index >= 15 is 0 Å². The SMILES string of the molecule is CNCCC1CCN(C(=O)c2ccc(-n3cccn3)cc2)CC1.Cl. The first-order chi connectivity index (χ1) is 11.3. The van der Waals surface area contributed by atoms with Gasteiger partial charge in [-0.1, -0.05) is 0 Å². The minimum absolute atomic E-state index is 0. The summed E-state index contributed by atoms with van der Waals surface area (Å²) in [5.41, 5.74) is 1.73. The summed E-state index contributed by atoms with van der Waals surface area (Å²) in [6, 6.07) is 9.57. The van der Waals surface area contributed by atoms with Crippen molar-refractivity contribution < 1.29 is 4.79 Å². The third kappa shape index (κ3) is 4.36. The molecule has 1 aliphatic rings. The van der Waals surface area contributed by atoms with Crippen molar-refractivity contribution in [2.45, 2.75) is 19.3 Å². The Morgan fingerprint density at radius 3 is 2.54 bits per heavy atom. The van der Waals surface area contributed by atoms with Gasteiger partial charge in [0.05, 0.1) is 5.69 Å². The Bertz CT molecular complexity index is 619. The molecule has 1 fully saturated rings. The molecule has 1 N–H and O–H groups in total. The molecule has 0 aliphatic carbocycles. The summed E-state index contributed by atoms with van der Waals surface area (Å²) in [7, 11) is 1.99. The largest absolute Gasteiger partial charge is 0.339 e. The van der Waals surface area contributed by atoms with Crippen LogP contribution < -0.4 is 5.32 Å². The van der Waals surface area contributed by atoms with Crippen LogP contribution in [0.2, 0.25) is 0 Å². The number of carbonyl (C=O) groups is 1. The van der Waals surface area contributed by atoms with Gasteiger partial charge in [-0.2, -0.15) is 5.10 Å². The summed E-state index contributed by atoms with van der Waals surface area (Å²) < 4.78 is 1.79. The van der Waals surface area contributed by atoms with Crippen molar-refractivity contribution in [2.75, 3.05) is 26.7 Å². The molecule has 130 valence electrons. The highest BCUT2D eigenvalue weighted by Gasteiger charge is 2.23. The van der Waals surface area contributed by atoms with Crippen molar-refractivity contribution in [3.05, 3.63) is 48.3 Å². The van der Waals surface area contributed by atoms with E-state index in [-0.39, 0.29) is 18.3 Å². The van der Waals surface area contributed by atoms with Gasteiger partial charge in [0.25, 0.3) is 5.91 Å². The molecule has 3 rings (SSSR count). The summed E-state index contributed by atoms with van der Waals surface area (Å²) in [5.74, 6) is 0.887. The second-order valence-corrected chi connectivity index (χ2v) is 6.13. The van der Waals surface area contributed by atoms with E-state index in [1.807, 2.05) is 48.5 Å². The van der Waals surface area contributed by atoms with E-state index in [1.165, 1.54) is 6.42 Å². The van der Waals surface area contributed by atoms with Crippen molar-refractivity contribution in [1.82, 2.24) is 20.0 Å². The molecule has 0 saturated carbocycles. The van der Waals surface area contributed by atoms with Crippen LogP contribution >= 0.6 is 12.4 Å². The van der Waals surface area contributed by atoms with Crippen LogP contribution in [-0.2, 0) is 0 Å². The van der Waals surface area contributed by atoms with Crippen LogP contribution in [0.1, 0.15) is 29.6 Å². The zero-order chi connectivity index (χ0) is 16.1. The van der Waals surface area contributed by atoms with Gasteiger partial charge in [0, 0.05) is 31.0 Å². The zero-order valence-electron chi connectivity index (χ0n) is 14.0. The average Bonchev–Trinajstić information content (AvgIpc) is 3.14. The average molecular weight is 349 g/mol. The topological polar surface area (TPSA) is 50.2 Å². The number of piperidine rings is 1. The molecule has 6 heteroatoms. The first-order valence-electron chi connectivity index (χ1n) is 8.32. The lowest BCUT2D eigenvalue weighted by Gasteiger charge is -2.32. The third-order valence-electron chi connectivity index (χ3n) is 4.59. The number of hydrogen-bond acceptors (Lipinski definition) is 3. The van der Waals surface area contributed by atoms with E-state index in [9.17, 15) is 4.79 Å². The van der Waals surface area contributed by atoms with E-state index in [4.69, 9.17) is 0 Å². The molecule has 0 spiro atoms. The molecule has 24 heavy (non-hydrogen) atoms. The predicted molar refractivity (Wildman–Crippen MR) is 98.0 cm³/mol. The minimum Gasteiger partial charge on any atom is -0.339 e. The van der Waals surface area contributed by atoms with Crippen LogP contribution in [0.4, 0.5) is 0 Å². The van der Waals surface area contributed by atoms with Gasteiger partial charge in [0.1, 0.15) is 0 Å². The van der Waals surface area contributed by atoms with Gasteiger partial charge in [-0.05, 0) is 69.1 Å². The molecule has 1 amide bonds. The van der Waals surface area contributed by atoms with Crippen molar-refractivity contribution in [3.63, 3.8) is 0 Å². The van der Waals surface area contributed by atoms with Gasteiger partial charge < -0.3 is 10.2 Å². The summed E-state index contributed by atoms with van der Waals surface area (Å²) in [5, 5.41) is 7.40. The number of hydrogen-bond donors (Lipinski definition) is 1. The quantitative estimate of drug-likeness (QED) is 0.903. The summed E-state index contributed by atoms with van der Waals surface area (Å²) in [6.07, 6.45) is 7.07. The molecule has 0 atom stereocenters. The lowest BCUT2D eigenvalue weighted by Crippen LogP contribution is -2.38. The summed E-state index contributed by atoms with van der Waals surface area (Å²) >= 11 is 0. The Balaban J connectivity index is 0.00000208. The summed E-state index contributed by atoms with van der Waals surface area (Å²) in [6.45, 7) is 2.80. The fraction of sp³-hybridized carbons (Fsp3) is 0.444. The van der Waals surface area contributed by atoms with Crippen molar-refractivity contribution in [3.8, 4) is 5.69 Å². The number of nitrogens with zero attached hydrogens (tertiary/aromatic N) is 3. The number of amides is 1. The lowest BCUT2D eigenvalue weighted by atomic mass is 9.93. The maximum absolute atomic E-state index is 12.6. The number of aromatic nitrogens is 2. The summed E-state index contributed by atoms with van der Waals surface area (Å²) in [4.78, 5) is 14.6. The number of rotatable bonds is 5. The normalized spacial score (nSPS) is 15.1. The first-order valence-corrected chi connectivity index (χ1v) is 8.32. The minimum atomic E-state index is 0. The van der Waals surface area contributed by atoms with Crippen LogP contribution in [0.15, 0.2) is 42.7 Å². The van der Waals surface area contributed by atoms with Crippen LogP contribution in [0.3, 0.4) is 0 Å². The van der Waals surface area contributed by atoms with Crippen LogP contribution in [0, 0.1) is 5.92 Å². The maximum atomic E-state index is 12.6. The van der Waals surface area contributed by atoms with Crippen molar-refractivity contribution >= 4 is 18.3 Å². The number of halogens is 1. The molecule has 2 heterocycles. The van der Waals surface area contributed by atoms with Gasteiger partial charge in [-0.3, -0.25) is 4.79 Å². The molecular weight excluding hydrogens is 324 g/mol. The Hall–Kier alpha value is -1.85. The Labute approximate surface area is 149 Å². The van der Waals surface area contributed by atoms with E-state index < -0.39 is 0 Å². The molecule has 1 aliphatic heterocycles. The van der Waals surface area contributed by atoms with E-state index in [2.05, 4.69) is 10.4 Å². The Morgan fingerprint density at radius 2 is 1.96 bits per heavy atom. The molecule has 1 aromatic heterocycles. The fourth-order valence-electron chi connectivity index (χ4n) is 3.13. The Morgan fingerprint density at radius 1 is 1.25 bits per heavy atom. The second-order valence-electron chi connectivity index (χ2n) is 6.13. The monoisotopic (exact) mass is 348 g/mol. The van der Waals surface area contributed by atoms with Crippen LogP contribution in [-0.4, -0.2) is 47.3 Å². The van der Waals surface area contributed by atoms with Crippen LogP contribution in [0.25, 0.3) is 5.69 Å². The highest BCUT2D eigenvalue weighted by Crippen LogP contribution is 2.21. The number of nitrogens with one attached hydrogen (secondary N) is 1. The number of benzene rings is 1. The van der Waals surface area contributed by atoms with Gasteiger partial charge in [-0.25, -0.2) is 4.68 Å². The number of likely N-dealkylation sites (tertiary alicyclic amines) is 1. The molecule has 0 unspecified atom stereocenters. The third-order valence-corrected chi connectivity index (χ3v) is 4.59. The van der Waals surface area contributed by atoms with Gasteiger partial charge in [-0.15, -0.1) is 12.4 Å². The molecule has 0 radical (unpaired) electrons. The smallest absolute Gasteiger partial charge is 0.253 e. The van der Waals surface area contributed by atoms with E-state index in [0.717, 1.165) is 49.6 Å². The predicted octanol–water partition coefficient (Wildman–Crippen LogP) is 2.76. The Kier molecular flexibility index (Phi) is 6.82. The maximum Gasteiger partial charge on any atom is 0.253 e. The molecule has 2 aromatic rings. The standard InChI is InChI=1S/C18H24N4O.ClH/c1-19-11-7-15-8-13-21(14-9-15)18(23)16-3-5-17(6-4-16)22-12-2-10-20-22;/h2-6,10,12,15,19H,7-9,11,13-14H2,1H3;1H.